The molecule has 0 aliphatic heterocycles. The van der Waals surface area contributed by atoms with Gasteiger partial charge < -0.3 is 14.6 Å². The Bertz CT molecular complexity index is 729. The van der Waals surface area contributed by atoms with Crippen molar-refractivity contribution < 1.29 is 23.9 Å². The van der Waals surface area contributed by atoms with E-state index < -0.39 is 0 Å². The van der Waals surface area contributed by atoms with Crippen molar-refractivity contribution in [1.29, 1.82) is 0 Å². The van der Waals surface area contributed by atoms with Crippen LogP contribution in [0.3, 0.4) is 0 Å². The van der Waals surface area contributed by atoms with E-state index in [2.05, 4.69) is 0 Å². The number of nitrogens with zero attached hydrogens (tertiary/aromatic N) is 1. The summed E-state index contributed by atoms with van der Waals surface area (Å²) in [6.07, 6.45) is 7.78. The summed E-state index contributed by atoms with van der Waals surface area (Å²) in [5.41, 5.74) is 1.84. The van der Waals surface area contributed by atoms with Gasteiger partial charge in [-0.3, -0.25) is 0 Å². The smallest absolute Gasteiger partial charge is 0.367 e. The minimum absolute atomic E-state index is 0.199. The third-order valence-corrected chi connectivity index (χ3v) is 4.16. The minimum Gasteiger partial charge on any atom is -0.508 e. The van der Waals surface area contributed by atoms with Crippen molar-refractivity contribution >= 4 is 29.2 Å². The van der Waals surface area contributed by atoms with Crippen LogP contribution >= 0.6 is 11.8 Å². The molecule has 2 aromatic rings. The molecule has 0 saturated carbocycles. The predicted molar refractivity (Wildman–Crippen MR) is 99.7 cm³/mol. The summed E-state index contributed by atoms with van der Waals surface area (Å²) in [5.74, 6) is 1.57. The second kappa shape index (κ2) is 9.74. The van der Waals surface area contributed by atoms with Gasteiger partial charge >= 0.3 is 5.30 Å². The van der Waals surface area contributed by atoms with Gasteiger partial charge in [-0.2, -0.15) is 0 Å². The molecule has 2 rings (SSSR count). The highest BCUT2D eigenvalue weighted by molar-refractivity contribution is 8.13. The monoisotopic (exact) mass is 360 g/mol. The summed E-state index contributed by atoms with van der Waals surface area (Å²) in [4.78, 5) is 11.3. The van der Waals surface area contributed by atoms with Gasteiger partial charge in [0.15, 0.2) is 18.9 Å². The van der Waals surface area contributed by atoms with E-state index >= 15 is 0 Å². The largest absolute Gasteiger partial charge is 0.508 e. The van der Waals surface area contributed by atoms with Gasteiger partial charge in [0, 0.05) is 17.7 Å². The molecule has 0 bridgehead atoms. The summed E-state index contributed by atoms with van der Waals surface area (Å²) in [6.45, 7) is 2.93. The van der Waals surface area contributed by atoms with Crippen LogP contribution in [0.1, 0.15) is 18.1 Å². The number of hydrogen-bond donors (Lipinski definition) is 1. The number of aromatic nitrogens is 1. The zero-order valence-corrected chi connectivity index (χ0v) is 15.2. The van der Waals surface area contributed by atoms with Crippen LogP contribution in [0.15, 0.2) is 42.7 Å². The highest BCUT2D eigenvalue weighted by atomic mass is 32.2. The molecule has 1 aromatic carbocycles. The fourth-order valence-corrected chi connectivity index (χ4v) is 2.83. The molecule has 0 atom stereocenters. The lowest BCUT2D eigenvalue weighted by atomic mass is 10.1. The topological polar surface area (TPSA) is 59.6 Å². The Balaban J connectivity index is 1.94. The fraction of sp³-hybridized carbons (Fsp3) is 0.263. The molecule has 5 nitrogen and oxygen atoms in total. The number of aromatic hydroxyl groups is 1. The number of phenolic OH excluding ortho intramolecular Hbond substituents is 1. The number of phenols is 1. The highest BCUT2D eigenvalue weighted by Crippen LogP contribution is 2.25. The van der Waals surface area contributed by atoms with Crippen LogP contribution in [-0.4, -0.2) is 29.9 Å². The third kappa shape index (κ3) is 6.15. The molecule has 0 unspecified atom stereocenters. The molecule has 1 heterocycles. The summed E-state index contributed by atoms with van der Waals surface area (Å²) < 4.78 is 12.2. The second-order valence-electron chi connectivity index (χ2n) is 5.16. The van der Waals surface area contributed by atoms with Crippen LogP contribution in [0.5, 0.6) is 11.5 Å². The predicted octanol–water partition coefficient (Wildman–Crippen LogP) is 3.75. The lowest BCUT2D eigenvalue weighted by molar-refractivity contribution is -0.692. The number of thioether (sulfide) groups is 1. The number of ether oxygens (including phenoxy) is 2. The minimum atomic E-state index is -0.234. The summed E-state index contributed by atoms with van der Waals surface area (Å²) >= 11 is 1.18. The first-order valence-electron chi connectivity index (χ1n) is 7.96. The van der Waals surface area contributed by atoms with E-state index in [4.69, 9.17) is 9.47 Å². The van der Waals surface area contributed by atoms with Crippen LogP contribution in [0.25, 0.3) is 12.2 Å². The van der Waals surface area contributed by atoms with Crippen molar-refractivity contribution in [2.45, 2.75) is 13.5 Å². The Hall–Kier alpha value is -2.47. The first-order chi connectivity index (χ1) is 12.1. The standard InChI is InChI=1S/C19H21NO4S/c1-3-24-19(22)25-13-12-20-10-8-15(9-11-20)4-5-16-14-17(21)6-7-18(16)23-2/h4-11,14H,3,12-13H2,1-2H3/p+1/b5-4+. The Morgan fingerprint density at radius 2 is 2.00 bits per heavy atom. The molecule has 0 aliphatic carbocycles. The molecule has 0 radical (unpaired) electrons. The van der Waals surface area contributed by atoms with E-state index in [0.29, 0.717) is 18.1 Å². The van der Waals surface area contributed by atoms with Gasteiger partial charge in [0.25, 0.3) is 0 Å². The van der Waals surface area contributed by atoms with Crippen molar-refractivity contribution in [3.63, 3.8) is 0 Å². The van der Waals surface area contributed by atoms with Crippen LogP contribution < -0.4 is 9.30 Å². The molecule has 0 fully saturated rings. The SMILES string of the molecule is CCOC(=O)SCC[n+]1ccc(/C=C/c2cc(O)ccc2OC)cc1. The van der Waals surface area contributed by atoms with E-state index in [1.807, 2.05) is 41.2 Å². The molecule has 1 N–H and O–H groups in total. The molecular weight excluding hydrogens is 338 g/mol. The number of carbonyl (C=O) groups excluding carboxylic acids is 1. The van der Waals surface area contributed by atoms with Crippen molar-refractivity contribution in [1.82, 2.24) is 0 Å². The Kier molecular flexibility index (Phi) is 7.35. The van der Waals surface area contributed by atoms with Crippen molar-refractivity contribution in [3.8, 4) is 11.5 Å². The molecule has 6 heteroatoms. The number of benzene rings is 1. The quantitative estimate of drug-likeness (QED) is 0.602. The summed E-state index contributed by atoms with van der Waals surface area (Å²) in [5, 5.41) is 9.36. The van der Waals surface area contributed by atoms with E-state index in [1.54, 1.807) is 32.2 Å². The van der Waals surface area contributed by atoms with E-state index in [1.165, 1.54) is 11.8 Å². The van der Waals surface area contributed by atoms with Crippen molar-refractivity contribution in [2.75, 3.05) is 19.5 Å². The zero-order chi connectivity index (χ0) is 18.1. The number of methoxy groups -OCH3 is 1. The lowest BCUT2D eigenvalue weighted by Crippen LogP contribution is -2.34. The first-order valence-corrected chi connectivity index (χ1v) is 8.94. The van der Waals surface area contributed by atoms with Crippen molar-refractivity contribution in [3.05, 3.63) is 53.9 Å². The molecule has 0 spiro atoms. The van der Waals surface area contributed by atoms with Crippen LogP contribution in [0.4, 0.5) is 4.79 Å². The van der Waals surface area contributed by atoms with E-state index in [-0.39, 0.29) is 11.1 Å². The van der Waals surface area contributed by atoms with Gasteiger partial charge in [0.2, 0.25) is 0 Å². The van der Waals surface area contributed by atoms with Gasteiger partial charge in [-0.05, 0) is 42.4 Å². The van der Waals surface area contributed by atoms with E-state index in [9.17, 15) is 9.90 Å². The normalized spacial score (nSPS) is 10.8. The molecule has 0 amide bonds. The summed E-state index contributed by atoms with van der Waals surface area (Å²) in [7, 11) is 1.60. The van der Waals surface area contributed by atoms with E-state index in [0.717, 1.165) is 17.7 Å². The average Bonchev–Trinajstić information content (AvgIpc) is 2.61. The number of aryl methyl sites for hydroxylation is 1. The Morgan fingerprint density at radius 1 is 1.24 bits per heavy atom. The molecule has 25 heavy (non-hydrogen) atoms. The molecule has 1 aromatic heterocycles. The van der Waals surface area contributed by atoms with Gasteiger partial charge in [-0.25, -0.2) is 9.36 Å². The molecule has 132 valence electrons. The zero-order valence-electron chi connectivity index (χ0n) is 14.3. The van der Waals surface area contributed by atoms with Gasteiger partial charge in [-0.1, -0.05) is 12.2 Å². The molecule has 0 aliphatic rings. The molecular formula is C19H22NO4S+. The van der Waals surface area contributed by atoms with Gasteiger partial charge in [0.1, 0.15) is 11.5 Å². The van der Waals surface area contributed by atoms with Crippen LogP contribution in [0.2, 0.25) is 0 Å². The van der Waals surface area contributed by atoms with Gasteiger partial charge in [0.05, 0.1) is 19.5 Å². The highest BCUT2D eigenvalue weighted by Gasteiger charge is 2.06. The number of carbonyl (C=O) groups is 1. The van der Waals surface area contributed by atoms with Crippen molar-refractivity contribution in [2.24, 2.45) is 0 Å². The number of hydrogen-bond acceptors (Lipinski definition) is 5. The third-order valence-electron chi connectivity index (χ3n) is 3.42. The maximum absolute atomic E-state index is 11.3. The Morgan fingerprint density at radius 3 is 2.68 bits per heavy atom. The summed E-state index contributed by atoms with van der Waals surface area (Å²) in [6, 6.07) is 8.96. The maximum Gasteiger partial charge on any atom is 0.367 e. The maximum atomic E-state index is 11.3. The second-order valence-corrected chi connectivity index (χ2v) is 6.19. The van der Waals surface area contributed by atoms with Crippen LogP contribution in [-0.2, 0) is 11.3 Å². The number of pyridine rings is 1. The van der Waals surface area contributed by atoms with Crippen LogP contribution in [0, 0.1) is 0 Å². The molecule has 0 saturated heterocycles. The Labute approximate surface area is 151 Å². The van der Waals surface area contributed by atoms with Gasteiger partial charge in [-0.15, -0.1) is 0 Å². The first kappa shape index (κ1) is 18.9. The average molecular weight is 360 g/mol. The fourth-order valence-electron chi connectivity index (χ4n) is 2.16. The lowest BCUT2D eigenvalue weighted by Gasteiger charge is -2.04. The number of rotatable bonds is 7.